The molecule has 1 amide bonds. The van der Waals surface area contributed by atoms with E-state index in [9.17, 15) is 4.79 Å². The van der Waals surface area contributed by atoms with Gasteiger partial charge in [-0.2, -0.15) is 0 Å². The zero-order valence-electron chi connectivity index (χ0n) is 14.5. The Kier molecular flexibility index (Phi) is 5.90. The quantitative estimate of drug-likeness (QED) is 0.641. The number of hydrogen-bond acceptors (Lipinski definition) is 5. The number of nitrogens with one attached hydrogen (secondary N) is 2. The molecule has 0 atom stereocenters. The smallest absolute Gasteiger partial charge is 0.278 e. The minimum absolute atomic E-state index is 0.304. The second kappa shape index (κ2) is 8.73. The van der Waals surface area contributed by atoms with E-state index in [4.69, 9.17) is 4.84 Å². The number of anilines is 1. The van der Waals surface area contributed by atoms with Gasteiger partial charge in [0.25, 0.3) is 5.91 Å². The standard InChI is InChI=1S/C20H20N4O2/c1-15-5-2-3-6-17(15)14-26-24-20(25)18-7-4-10-22-19(18)23-13-16-8-11-21-12-9-16/h2-12H,13-14H2,1H3,(H,22,23)(H,24,25). The summed E-state index contributed by atoms with van der Waals surface area (Å²) in [6, 6.07) is 15.1. The molecule has 0 saturated heterocycles. The van der Waals surface area contributed by atoms with Crippen molar-refractivity contribution in [3.63, 3.8) is 0 Å². The number of hydroxylamine groups is 1. The molecule has 0 aliphatic carbocycles. The van der Waals surface area contributed by atoms with Crippen LogP contribution in [0, 0.1) is 6.92 Å². The van der Waals surface area contributed by atoms with E-state index in [1.165, 1.54) is 0 Å². The maximum atomic E-state index is 12.4. The van der Waals surface area contributed by atoms with E-state index < -0.39 is 0 Å². The van der Waals surface area contributed by atoms with E-state index in [1.807, 2.05) is 43.3 Å². The summed E-state index contributed by atoms with van der Waals surface area (Å²) in [5.41, 5.74) is 6.09. The van der Waals surface area contributed by atoms with Crippen LogP contribution in [0.2, 0.25) is 0 Å². The van der Waals surface area contributed by atoms with Crippen molar-refractivity contribution in [2.45, 2.75) is 20.1 Å². The predicted octanol–water partition coefficient (Wildman–Crippen LogP) is 3.26. The zero-order valence-corrected chi connectivity index (χ0v) is 14.5. The van der Waals surface area contributed by atoms with Gasteiger partial charge >= 0.3 is 0 Å². The predicted molar refractivity (Wildman–Crippen MR) is 99.2 cm³/mol. The first-order chi connectivity index (χ1) is 12.7. The van der Waals surface area contributed by atoms with E-state index in [1.54, 1.807) is 30.7 Å². The van der Waals surface area contributed by atoms with Crippen LogP contribution in [0.4, 0.5) is 5.82 Å². The molecule has 0 radical (unpaired) electrons. The third kappa shape index (κ3) is 4.64. The molecular weight excluding hydrogens is 328 g/mol. The van der Waals surface area contributed by atoms with Crippen LogP contribution in [0.3, 0.4) is 0 Å². The Bertz CT molecular complexity index is 868. The van der Waals surface area contributed by atoms with Gasteiger partial charge in [-0.25, -0.2) is 10.5 Å². The van der Waals surface area contributed by atoms with Gasteiger partial charge in [0.2, 0.25) is 0 Å². The van der Waals surface area contributed by atoms with Crippen LogP contribution in [0.1, 0.15) is 27.0 Å². The Morgan fingerprint density at radius 1 is 1.04 bits per heavy atom. The Balaban J connectivity index is 1.59. The number of nitrogens with zero attached hydrogens (tertiary/aromatic N) is 2. The third-order valence-corrected chi connectivity index (χ3v) is 3.92. The molecule has 0 bridgehead atoms. The number of aryl methyl sites for hydroxylation is 1. The molecule has 6 nitrogen and oxygen atoms in total. The monoisotopic (exact) mass is 348 g/mol. The van der Waals surface area contributed by atoms with Crippen LogP contribution in [-0.2, 0) is 18.0 Å². The van der Waals surface area contributed by atoms with E-state index in [2.05, 4.69) is 20.8 Å². The molecule has 3 rings (SSSR count). The molecule has 0 aliphatic rings. The van der Waals surface area contributed by atoms with Gasteiger partial charge in [-0.3, -0.25) is 14.6 Å². The fraction of sp³-hybridized carbons (Fsp3) is 0.150. The van der Waals surface area contributed by atoms with E-state index >= 15 is 0 Å². The minimum Gasteiger partial charge on any atom is -0.365 e. The topological polar surface area (TPSA) is 76.1 Å². The van der Waals surface area contributed by atoms with Crippen molar-refractivity contribution >= 4 is 11.7 Å². The molecule has 2 N–H and O–H groups in total. The number of aromatic nitrogens is 2. The number of carbonyl (C=O) groups excluding carboxylic acids is 1. The fourth-order valence-electron chi connectivity index (χ4n) is 2.42. The molecule has 0 unspecified atom stereocenters. The highest BCUT2D eigenvalue weighted by Crippen LogP contribution is 2.13. The molecule has 0 fully saturated rings. The lowest BCUT2D eigenvalue weighted by Gasteiger charge is -2.12. The lowest BCUT2D eigenvalue weighted by Crippen LogP contribution is -2.25. The summed E-state index contributed by atoms with van der Waals surface area (Å²) >= 11 is 0. The van der Waals surface area contributed by atoms with Crippen LogP contribution in [0.15, 0.2) is 67.1 Å². The van der Waals surface area contributed by atoms with Gasteiger partial charge in [0.15, 0.2) is 0 Å². The Hall–Kier alpha value is -3.25. The summed E-state index contributed by atoms with van der Waals surface area (Å²) in [4.78, 5) is 26.0. The van der Waals surface area contributed by atoms with Crippen molar-refractivity contribution in [2.24, 2.45) is 0 Å². The number of rotatable bonds is 7. The average Bonchev–Trinajstić information content (AvgIpc) is 2.69. The summed E-state index contributed by atoms with van der Waals surface area (Å²) < 4.78 is 0. The molecule has 3 aromatic rings. The highest BCUT2D eigenvalue weighted by atomic mass is 16.6. The maximum Gasteiger partial charge on any atom is 0.278 e. The molecule has 0 saturated carbocycles. The van der Waals surface area contributed by atoms with E-state index in [0.29, 0.717) is 24.5 Å². The third-order valence-electron chi connectivity index (χ3n) is 3.92. The summed E-state index contributed by atoms with van der Waals surface area (Å²) in [6.45, 7) is 2.85. The molecule has 26 heavy (non-hydrogen) atoms. The molecule has 2 heterocycles. The normalized spacial score (nSPS) is 10.3. The van der Waals surface area contributed by atoms with Gasteiger partial charge in [0.1, 0.15) is 12.4 Å². The molecule has 0 spiro atoms. The van der Waals surface area contributed by atoms with Gasteiger partial charge in [-0.05, 0) is 47.9 Å². The Labute approximate surface area is 152 Å². The van der Waals surface area contributed by atoms with Crippen LogP contribution < -0.4 is 10.8 Å². The minimum atomic E-state index is -0.344. The fourth-order valence-corrected chi connectivity index (χ4v) is 2.42. The molecule has 1 aromatic carbocycles. The highest BCUT2D eigenvalue weighted by molar-refractivity contribution is 5.98. The Morgan fingerprint density at radius 3 is 2.65 bits per heavy atom. The van der Waals surface area contributed by atoms with E-state index in [-0.39, 0.29) is 5.91 Å². The first-order valence-electron chi connectivity index (χ1n) is 8.28. The van der Waals surface area contributed by atoms with E-state index in [0.717, 1.165) is 16.7 Å². The summed E-state index contributed by atoms with van der Waals surface area (Å²) in [6.07, 6.45) is 5.09. The SMILES string of the molecule is Cc1ccccc1CONC(=O)c1cccnc1NCc1ccncc1. The number of hydrogen-bond donors (Lipinski definition) is 2. The van der Waals surface area contributed by atoms with Crippen molar-refractivity contribution in [3.8, 4) is 0 Å². The number of pyridine rings is 2. The maximum absolute atomic E-state index is 12.4. The summed E-state index contributed by atoms with van der Waals surface area (Å²) in [5, 5.41) is 3.17. The molecule has 132 valence electrons. The van der Waals surface area contributed by atoms with Crippen molar-refractivity contribution in [2.75, 3.05) is 5.32 Å². The molecule has 0 aliphatic heterocycles. The van der Waals surface area contributed by atoms with Crippen molar-refractivity contribution in [1.82, 2.24) is 15.4 Å². The van der Waals surface area contributed by atoms with Crippen molar-refractivity contribution in [1.29, 1.82) is 0 Å². The second-order valence-corrected chi connectivity index (χ2v) is 5.75. The first kappa shape index (κ1) is 17.6. The van der Waals surface area contributed by atoms with Crippen LogP contribution in [-0.4, -0.2) is 15.9 Å². The van der Waals surface area contributed by atoms with Crippen molar-refractivity contribution < 1.29 is 9.63 Å². The van der Waals surface area contributed by atoms with Crippen molar-refractivity contribution in [3.05, 3.63) is 89.4 Å². The number of benzene rings is 1. The summed E-state index contributed by atoms with van der Waals surface area (Å²) in [5.74, 6) is 0.158. The van der Waals surface area contributed by atoms with Gasteiger partial charge in [-0.15, -0.1) is 0 Å². The van der Waals surface area contributed by atoms with Gasteiger partial charge < -0.3 is 5.32 Å². The van der Waals surface area contributed by atoms with Gasteiger partial charge in [-0.1, -0.05) is 24.3 Å². The van der Waals surface area contributed by atoms with Gasteiger partial charge in [0.05, 0.1) is 5.56 Å². The molecule has 2 aromatic heterocycles. The second-order valence-electron chi connectivity index (χ2n) is 5.75. The van der Waals surface area contributed by atoms with Crippen LogP contribution >= 0.6 is 0 Å². The molecular formula is C20H20N4O2. The number of amides is 1. The highest BCUT2D eigenvalue weighted by Gasteiger charge is 2.12. The molecule has 6 heteroatoms. The lowest BCUT2D eigenvalue weighted by molar-refractivity contribution is 0.0232. The van der Waals surface area contributed by atoms with Crippen LogP contribution in [0.5, 0.6) is 0 Å². The first-order valence-corrected chi connectivity index (χ1v) is 8.28. The zero-order chi connectivity index (χ0) is 18.2. The lowest BCUT2D eigenvalue weighted by atomic mass is 10.1. The Morgan fingerprint density at radius 2 is 1.85 bits per heavy atom. The van der Waals surface area contributed by atoms with Crippen LogP contribution in [0.25, 0.3) is 0 Å². The average molecular weight is 348 g/mol. The largest absolute Gasteiger partial charge is 0.365 e. The summed E-state index contributed by atoms with van der Waals surface area (Å²) in [7, 11) is 0. The van der Waals surface area contributed by atoms with Gasteiger partial charge in [0, 0.05) is 25.1 Å². The number of carbonyl (C=O) groups is 1.